The van der Waals surface area contributed by atoms with Crippen LogP contribution in [0.3, 0.4) is 0 Å². The van der Waals surface area contributed by atoms with E-state index in [0.717, 1.165) is 25.1 Å². The number of carbonyl (C=O) groups is 1. The molecule has 1 rings (SSSR count). The smallest absolute Gasteiger partial charge is 0.417 e. The summed E-state index contributed by atoms with van der Waals surface area (Å²) in [5, 5.41) is 8.96. The van der Waals surface area contributed by atoms with Crippen molar-refractivity contribution in [1.82, 2.24) is 4.90 Å². The van der Waals surface area contributed by atoms with Gasteiger partial charge in [0.1, 0.15) is 0 Å². The van der Waals surface area contributed by atoms with Crippen molar-refractivity contribution in [2.24, 2.45) is 0 Å². The quantitative estimate of drug-likeness (QED) is 0.877. The molecule has 7 heteroatoms. The fourth-order valence-electron chi connectivity index (χ4n) is 1.95. The molecule has 0 unspecified atom stereocenters. The molecule has 4 nitrogen and oxygen atoms in total. The largest absolute Gasteiger partial charge is 0.478 e. The third-order valence-electron chi connectivity index (χ3n) is 3.08. The molecule has 21 heavy (non-hydrogen) atoms. The lowest BCUT2D eigenvalue weighted by atomic mass is 10.1. The highest BCUT2D eigenvalue weighted by Gasteiger charge is 2.35. The summed E-state index contributed by atoms with van der Waals surface area (Å²) in [7, 11) is 5.59. The van der Waals surface area contributed by atoms with Crippen molar-refractivity contribution in [3.8, 4) is 0 Å². The highest BCUT2D eigenvalue weighted by atomic mass is 19.4. The van der Waals surface area contributed by atoms with E-state index in [-0.39, 0.29) is 0 Å². The van der Waals surface area contributed by atoms with Gasteiger partial charge in [0.25, 0.3) is 0 Å². The monoisotopic (exact) mass is 304 g/mol. The molecule has 118 valence electrons. The molecular weight excluding hydrogens is 285 g/mol. The molecule has 1 aromatic rings. The molecule has 0 radical (unpaired) electrons. The highest BCUT2D eigenvalue weighted by molar-refractivity contribution is 5.91. The van der Waals surface area contributed by atoms with Crippen molar-refractivity contribution < 1.29 is 23.1 Å². The van der Waals surface area contributed by atoms with Crippen LogP contribution in [0.5, 0.6) is 0 Å². The first-order chi connectivity index (χ1) is 9.62. The summed E-state index contributed by atoms with van der Waals surface area (Å²) in [6.45, 7) is 1.47. The molecule has 1 N–H and O–H groups in total. The minimum atomic E-state index is -4.67. The normalized spacial score (nSPS) is 11.8. The molecule has 0 aliphatic carbocycles. The fraction of sp³-hybridized carbons (Fsp3) is 0.500. The predicted octanol–water partition coefficient (Wildman–Crippen LogP) is 2.79. The number of rotatable bonds is 6. The summed E-state index contributed by atoms with van der Waals surface area (Å²) in [4.78, 5) is 14.8. The van der Waals surface area contributed by atoms with Gasteiger partial charge < -0.3 is 14.9 Å². The number of alkyl halides is 3. The van der Waals surface area contributed by atoms with Gasteiger partial charge in [0.2, 0.25) is 0 Å². The average Bonchev–Trinajstić information content (AvgIpc) is 2.36. The molecule has 0 fully saturated rings. The number of aromatic carboxylic acids is 1. The summed E-state index contributed by atoms with van der Waals surface area (Å²) < 4.78 is 38.3. The number of hydrogen-bond donors (Lipinski definition) is 1. The second-order valence-electron chi connectivity index (χ2n) is 5.11. The topological polar surface area (TPSA) is 43.8 Å². The molecule has 0 atom stereocenters. The maximum absolute atomic E-state index is 12.8. The van der Waals surface area contributed by atoms with Gasteiger partial charge in [0, 0.05) is 19.3 Å². The Kier molecular flexibility index (Phi) is 5.60. The minimum Gasteiger partial charge on any atom is -0.478 e. The van der Waals surface area contributed by atoms with E-state index < -0.39 is 23.3 Å². The molecule has 0 heterocycles. The van der Waals surface area contributed by atoms with Crippen LogP contribution in [0.25, 0.3) is 0 Å². The summed E-state index contributed by atoms with van der Waals surface area (Å²) in [5.41, 5.74) is -1.39. The summed E-state index contributed by atoms with van der Waals surface area (Å²) >= 11 is 0. The molecule has 0 aliphatic rings. The zero-order valence-corrected chi connectivity index (χ0v) is 12.2. The van der Waals surface area contributed by atoms with E-state index in [1.807, 2.05) is 19.0 Å². The Morgan fingerprint density at radius 1 is 1.19 bits per heavy atom. The summed E-state index contributed by atoms with van der Waals surface area (Å²) in [6.07, 6.45) is -3.84. The van der Waals surface area contributed by atoms with Gasteiger partial charge in [-0.1, -0.05) is 0 Å². The van der Waals surface area contributed by atoms with Crippen LogP contribution >= 0.6 is 0 Å². The van der Waals surface area contributed by atoms with Crippen molar-refractivity contribution in [1.29, 1.82) is 0 Å². The summed E-state index contributed by atoms with van der Waals surface area (Å²) in [6, 6.07) is 3.19. The highest BCUT2D eigenvalue weighted by Crippen LogP contribution is 2.33. The van der Waals surface area contributed by atoms with Crippen LogP contribution in [0.15, 0.2) is 18.2 Å². The Bertz CT molecular complexity index is 501. The predicted molar refractivity (Wildman–Crippen MR) is 74.8 cm³/mol. The molecule has 1 aromatic carbocycles. The molecule has 0 amide bonds. The third kappa shape index (κ3) is 4.93. The second-order valence-corrected chi connectivity index (χ2v) is 5.11. The molecular formula is C14H19F3N2O2. The lowest BCUT2D eigenvalue weighted by molar-refractivity contribution is -0.138. The van der Waals surface area contributed by atoms with E-state index in [1.54, 1.807) is 11.9 Å². The number of carboxylic acid groups (broad SMARTS) is 1. The molecule has 0 bridgehead atoms. The Hall–Kier alpha value is -1.76. The maximum atomic E-state index is 12.8. The van der Waals surface area contributed by atoms with E-state index in [2.05, 4.69) is 0 Å². The molecule has 0 saturated heterocycles. The first kappa shape index (κ1) is 17.3. The zero-order chi connectivity index (χ0) is 16.2. The van der Waals surface area contributed by atoms with Gasteiger partial charge >= 0.3 is 12.1 Å². The Labute approximate surface area is 121 Å². The zero-order valence-electron chi connectivity index (χ0n) is 12.2. The van der Waals surface area contributed by atoms with Gasteiger partial charge in [0.15, 0.2) is 0 Å². The van der Waals surface area contributed by atoms with Gasteiger partial charge in [-0.15, -0.1) is 0 Å². The van der Waals surface area contributed by atoms with Crippen molar-refractivity contribution >= 4 is 11.7 Å². The molecule has 0 aliphatic heterocycles. The molecule has 0 aromatic heterocycles. The summed E-state index contributed by atoms with van der Waals surface area (Å²) in [5.74, 6) is -1.58. The van der Waals surface area contributed by atoms with Crippen LogP contribution in [-0.4, -0.2) is 50.2 Å². The fourth-order valence-corrected chi connectivity index (χ4v) is 1.95. The number of benzene rings is 1. The SMILES string of the molecule is CN(C)CCCN(C)c1ccc(C(F)(F)F)c(C(=O)O)c1. The Morgan fingerprint density at radius 3 is 2.29 bits per heavy atom. The van der Waals surface area contributed by atoms with Crippen LogP contribution in [0, 0.1) is 0 Å². The number of hydrogen-bond acceptors (Lipinski definition) is 3. The number of halogens is 3. The van der Waals surface area contributed by atoms with Crippen molar-refractivity contribution in [3.05, 3.63) is 29.3 Å². The van der Waals surface area contributed by atoms with Crippen LogP contribution in [0.2, 0.25) is 0 Å². The molecule has 0 saturated carbocycles. The van der Waals surface area contributed by atoms with Gasteiger partial charge in [-0.25, -0.2) is 4.79 Å². The van der Waals surface area contributed by atoms with Crippen molar-refractivity contribution in [2.45, 2.75) is 12.6 Å². The van der Waals surface area contributed by atoms with Crippen LogP contribution in [-0.2, 0) is 6.18 Å². The lowest BCUT2D eigenvalue weighted by Crippen LogP contribution is -2.24. The number of anilines is 1. The van der Waals surface area contributed by atoms with E-state index in [9.17, 15) is 18.0 Å². The van der Waals surface area contributed by atoms with Gasteiger partial charge in [-0.2, -0.15) is 13.2 Å². The van der Waals surface area contributed by atoms with Crippen LogP contribution < -0.4 is 4.90 Å². The average molecular weight is 304 g/mol. The maximum Gasteiger partial charge on any atom is 0.417 e. The van der Waals surface area contributed by atoms with Gasteiger partial charge in [-0.3, -0.25) is 0 Å². The van der Waals surface area contributed by atoms with E-state index >= 15 is 0 Å². The number of nitrogens with zero attached hydrogens (tertiary/aromatic N) is 2. The van der Waals surface area contributed by atoms with Gasteiger partial charge in [-0.05, 0) is 45.3 Å². The van der Waals surface area contributed by atoms with Crippen LogP contribution in [0.1, 0.15) is 22.3 Å². The molecule has 0 spiro atoms. The third-order valence-corrected chi connectivity index (χ3v) is 3.08. The first-order valence-corrected chi connectivity index (χ1v) is 6.43. The standard InChI is InChI=1S/C14H19F3N2O2/c1-18(2)7-4-8-19(3)10-5-6-12(14(15,16)17)11(9-10)13(20)21/h5-6,9H,4,7-8H2,1-3H3,(H,20,21). The van der Waals surface area contributed by atoms with E-state index in [4.69, 9.17) is 5.11 Å². The second kappa shape index (κ2) is 6.80. The number of carboxylic acids is 1. The van der Waals surface area contributed by atoms with E-state index in [0.29, 0.717) is 12.2 Å². The van der Waals surface area contributed by atoms with Crippen molar-refractivity contribution in [2.75, 3.05) is 39.1 Å². The Morgan fingerprint density at radius 2 is 1.81 bits per heavy atom. The van der Waals surface area contributed by atoms with Crippen molar-refractivity contribution in [3.63, 3.8) is 0 Å². The lowest BCUT2D eigenvalue weighted by Gasteiger charge is -2.22. The van der Waals surface area contributed by atoms with Gasteiger partial charge in [0.05, 0.1) is 11.1 Å². The first-order valence-electron chi connectivity index (χ1n) is 6.43. The minimum absolute atomic E-state index is 0.458. The van der Waals surface area contributed by atoms with Crippen LogP contribution in [0.4, 0.5) is 18.9 Å². The van der Waals surface area contributed by atoms with E-state index in [1.165, 1.54) is 6.07 Å². The Balaban J connectivity index is 2.95.